The maximum Gasteiger partial charge on any atom is 0.341 e. The van der Waals surface area contributed by atoms with Crippen LogP contribution in [0, 0.1) is 5.92 Å². The van der Waals surface area contributed by atoms with Crippen LogP contribution in [0.3, 0.4) is 0 Å². The van der Waals surface area contributed by atoms with E-state index in [0.717, 1.165) is 18.9 Å². The molecular weight excluding hydrogens is 219 g/mol. The summed E-state index contributed by atoms with van der Waals surface area (Å²) >= 11 is 17.2. The molecule has 0 saturated heterocycles. The Hall–Kier alpha value is 0.827. The molecule has 0 heterocycles. The third-order valence-corrected chi connectivity index (χ3v) is 4.05. The Labute approximate surface area is 83.6 Å². The van der Waals surface area contributed by atoms with Crippen molar-refractivity contribution >= 4 is 39.2 Å². The molecule has 0 radical (unpaired) electrons. The Morgan fingerprint density at radius 2 is 2.00 bits per heavy atom. The fourth-order valence-electron chi connectivity index (χ4n) is 0.812. The van der Waals surface area contributed by atoms with Crippen molar-refractivity contribution < 1.29 is 0 Å². The van der Waals surface area contributed by atoms with E-state index in [1.54, 1.807) is 0 Å². The predicted octanol–water partition coefficient (Wildman–Crippen LogP) is 4.24. The first kappa shape index (κ1) is 11.8. The first-order valence-corrected chi connectivity index (χ1v) is 8.87. The fraction of sp³-hybridized carbons (Fsp3) is 0.714. The van der Waals surface area contributed by atoms with E-state index < -0.39 is 6.00 Å². The number of allylic oxidation sites excluding steroid dienone is 1. The lowest BCUT2D eigenvalue weighted by Crippen LogP contribution is -2.10. The van der Waals surface area contributed by atoms with Gasteiger partial charge in [-0.05, 0) is 24.8 Å². The van der Waals surface area contributed by atoms with Crippen molar-refractivity contribution in [3.05, 3.63) is 12.7 Å². The van der Waals surface area contributed by atoms with E-state index in [4.69, 9.17) is 33.2 Å². The zero-order valence-electron chi connectivity index (χ0n) is 6.62. The average Bonchev–Trinajstić information content (AvgIpc) is 1.83. The van der Waals surface area contributed by atoms with Gasteiger partial charge in [0.05, 0.1) is 0 Å². The van der Waals surface area contributed by atoms with Gasteiger partial charge in [0.25, 0.3) is 0 Å². The van der Waals surface area contributed by atoms with Gasteiger partial charge in [0.2, 0.25) is 0 Å². The normalized spacial score (nSPS) is 14.5. The third-order valence-electron chi connectivity index (χ3n) is 1.49. The highest BCUT2D eigenvalue weighted by Gasteiger charge is 2.24. The first-order chi connectivity index (χ1) is 4.95. The van der Waals surface area contributed by atoms with Gasteiger partial charge in [-0.25, -0.2) is 0 Å². The molecule has 11 heavy (non-hydrogen) atoms. The summed E-state index contributed by atoms with van der Waals surface area (Å²) in [6.45, 7) is 5.80. The van der Waals surface area contributed by atoms with Crippen LogP contribution in [-0.2, 0) is 0 Å². The van der Waals surface area contributed by atoms with Gasteiger partial charge < -0.3 is 0 Å². The topological polar surface area (TPSA) is 0 Å². The molecule has 0 aliphatic heterocycles. The van der Waals surface area contributed by atoms with Gasteiger partial charge >= 0.3 is 6.00 Å². The maximum absolute atomic E-state index is 5.72. The molecule has 0 spiro atoms. The minimum absolute atomic E-state index is 0.593. The van der Waals surface area contributed by atoms with Crippen LogP contribution >= 0.6 is 33.2 Å². The fourth-order valence-corrected chi connectivity index (χ4v) is 2.61. The standard InChI is InChI=1S/C7H13Cl3Si/c1-3-4-7(2)5-6-11(8,9)10/h3,7H,1,4-6H2,2H3. The van der Waals surface area contributed by atoms with Crippen molar-refractivity contribution in [3.63, 3.8) is 0 Å². The molecule has 0 fully saturated rings. The van der Waals surface area contributed by atoms with Crippen molar-refractivity contribution in [2.45, 2.75) is 25.8 Å². The van der Waals surface area contributed by atoms with Crippen LogP contribution in [0.2, 0.25) is 6.04 Å². The van der Waals surface area contributed by atoms with Crippen LogP contribution in [0.4, 0.5) is 0 Å². The molecule has 0 amide bonds. The summed E-state index contributed by atoms with van der Waals surface area (Å²) < 4.78 is 0. The van der Waals surface area contributed by atoms with E-state index in [1.165, 1.54) is 0 Å². The molecule has 1 atom stereocenters. The molecule has 0 aromatic rings. The molecule has 4 heteroatoms. The van der Waals surface area contributed by atoms with E-state index >= 15 is 0 Å². The largest absolute Gasteiger partial charge is 0.341 e. The monoisotopic (exact) mass is 230 g/mol. The number of hydrogen-bond acceptors (Lipinski definition) is 0. The van der Waals surface area contributed by atoms with Gasteiger partial charge in [-0.3, -0.25) is 0 Å². The number of hydrogen-bond donors (Lipinski definition) is 0. The van der Waals surface area contributed by atoms with E-state index in [0.29, 0.717) is 5.92 Å². The van der Waals surface area contributed by atoms with E-state index in [1.807, 2.05) is 6.08 Å². The lowest BCUT2D eigenvalue weighted by Gasteiger charge is -2.11. The number of rotatable bonds is 5. The van der Waals surface area contributed by atoms with Gasteiger partial charge in [-0.15, -0.1) is 39.8 Å². The maximum atomic E-state index is 5.72. The molecule has 1 unspecified atom stereocenters. The molecule has 0 aromatic carbocycles. The Bertz CT molecular complexity index is 119. The van der Waals surface area contributed by atoms with E-state index in [9.17, 15) is 0 Å². The van der Waals surface area contributed by atoms with Gasteiger partial charge in [0.1, 0.15) is 0 Å². The van der Waals surface area contributed by atoms with Crippen molar-refractivity contribution in [3.8, 4) is 0 Å². The summed E-state index contributed by atoms with van der Waals surface area (Å²) in [7, 11) is 0. The molecule has 0 aromatic heterocycles. The van der Waals surface area contributed by atoms with Gasteiger partial charge in [0.15, 0.2) is 0 Å². The lowest BCUT2D eigenvalue weighted by atomic mass is 10.1. The highest BCUT2D eigenvalue weighted by atomic mass is 35.8. The predicted molar refractivity (Wildman–Crippen MR) is 56.7 cm³/mol. The van der Waals surface area contributed by atoms with Crippen LogP contribution in [0.5, 0.6) is 0 Å². The van der Waals surface area contributed by atoms with Crippen molar-refractivity contribution in [1.82, 2.24) is 0 Å². The first-order valence-electron chi connectivity index (χ1n) is 3.63. The third kappa shape index (κ3) is 8.74. The van der Waals surface area contributed by atoms with E-state index in [2.05, 4.69) is 13.5 Å². The van der Waals surface area contributed by atoms with Crippen LogP contribution in [0.15, 0.2) is 12.7 Å². The molecule has 0 rings (SSSR count). The molecule has 0 nitrogen and oxygen atoms in total. The minimum atomic E-state index is -2.37. The summed E-state index contributed by atoms with van der Waals surface area (Å²) in [5, 5.41) is 0. The Kier molecular flexibility index (Phi) is 5.88. The molecule has 0 aliphatic rings. The summed E-state index contributed by atoms with van der Waals surface area (Å²) in [6.07, 6.45) is 3.91. The summed E-state index contributed by atoms with van der Waals surface area (Å²) in [4.78, 5) is 0. The van der Waals surface area contributed by atoms with Gasteiger partial charge in [0, 0.05) is 0 Å². The highest BCUT2D eigenvalue weighted by Crippen LogP contribution is 2.29. The average molecular weight is 232 g/mol. The Balaban J connectivity index is 3.45. The summed E-state index contributed by atoms with van der Waals surface area (Å²) in [5.74, 6) is 0.593. The summed E-state index contributed by atoms with van der Waals surface area (Å²) in [6, 6.07) is -1.61. The second-order valence-electron chi connectivity index (χ2n) is 2.78. The van der Waals surface area contributed by atoms with E-state index in [-0.39, 0.29) is 0 Å². The Morgan fingerprint density at radius 3 is 2.36 bits per heavy atom. The molecule has 0 bridgehead atoms. The zero-order chi connectivity index (χ0) is 8.91. The van der Waals surface area contributed by atoms with Crippen LogP contribution < -0.4 is 0 Å². The second kappa shape index (κ2) is 5.47. The second-order valence-corrected chi connectivity index (χ2v) is 12.1. The smallest absolute Gasteiger partial charge is 0.126 e. The van der Waals surface area contributed by atoms with Crippen LogP contribution in [-0.4, -0.2) is 6.00 Å². The molecule has 0 saturated carbocycles. The quantitative estimate of drug-likeness (QED) is 0.377. The van der Waals surface area contributed by atoms with Gasteiger partial charge in [-0.2, -0.15) is 0 Å². The number of halogens is 3. The highest BCUT2D eigenvalue weighted by molar-refractivity contribution is 7.64. The Morgan fingerprint density at radius 1 is 1.45 bits per heavy atom. The van der Waals surface area contributed by atoms with Crippen LogP contribution in [0.25, 0.3) is 0 Å². The van der Waals surface area contributed by atoms with Crippen molar-refractivity contribution in [1.29, 1.82) is 0 Å². The molecule has 66 valence electrons. The molecule has 0 N–H and O–H groups in total. The molecule has 0 aliphatic carbocycles. The minimum Gasteiger partial charge on any atom is -0.126 e. The molecular formula is C7H13Cl3Si. The van der Waals surface area contributed by atoms with Gasteiger partial charge in [-0.1, -0.05) is 13.0 Å². The van der Waals surface area contributed by atoms with Crippen molar-refractivity contribution in [2.24, 2.45) is 5.92 Å². The van der Waals surface area contributed by atoms with Crippen LogP contribution in [0.1, 0.15) is 19.8 Å². The van der Waals surface area contributed by atoms with Crippen molar-refractivity contribution in [2.75, 3.05) is 0 Å². The summed E-state index contributed by atoms with van der Waals surface area (Å²) in [5.41, 5.74) is 0. The lowest BCUT2D eigenvalue weighted by molar-refractivity contribution is 0.571. The zero-order valence-corrected chi connectivity index (χ0v) is 9.88. The SMILES string of the molecule is C=CCC(C)CC[Si](Cl)(Cl)Cl.